The van der Waals surface area contributed by atoms with Gasteiger partial charge in [-0.2, -0.15) is 0 Å². The minimum atomic E-state index is -3.18. The molecule has 0 bridgehead atoms. The summed E-state index contributed by atoms with van der Waals surface area (Å²) in [7, 11) is 0. The van der Waals surface area contributed by atoms with Crippen molar-refractivity contribution in [2.75, 3.05) is 0 Å². The van der Waals surface area contributed by atoms with Crippen LogP contribution in [0.4, 0.5) is 0 Å². The Hall–Kier alpha value is -3.14. The molecule has 10 nitrogen and oxygen atoms in total. The molecule has 2 rings (SSSR count). The number of hydrogen-bond acceptors (Lipinski definition) is 7. The molecule has 1 aromatic carbocycles. The third-order valence-electron chi connectivity index (χ3n) is 3.22. The molecule has 1 N–H and O–H groups in total. The Morgan fingerprint density at radius 1 is 1.05 bits per heavy atom. The van der Waals surface area contributed by atoms with Gasteiger partial charge < -0.3 is 5.11 Å². The number of aliphatic hydroxyl groups is 1. The Morgan fingerprint density at radius 3 is 2.09 bits per heavy atom. The van der Waals surface area contributed by atoms with Crippen molar-refractivity contribution < 1.29 is 19.9 Å². The first-order valence-corrected chi connectivity index (χ1v) is 5.92. The molecule has 2 atom stereocenters. The van der Waals surface area contributed by atoms with Crippen LogP contribution in [0.15, 0.2) is 48.2 Å². The van der Waals surface area contributed by atoms with E-state index >= 15 is 0 Å². The molecule has 22 heavy (non-hydrogen) atoms. The van der Waals surface area contributed by atoms with Gasteiger partial charge >= 0.3 is 17.5 Å². The van der Waals surface area contributed by atoms with E-state index in [0.29, 0.717) is 6.08 Å². The molecular formula is C12H9N3O7. The first-order valence-electron chi connectivity index (χ1n) is 5.92. The monoisotopic (exact) mass is 307 g/mol. The summed E-state index contributed by atoms with van der Waals surface area (Å²) in [6.07, 6.45) is 1.55. The summed E-state index contributed by atoms with van der Waals surface area (Å²) in [5.41, 5.74) is -4.08. The smallest absolute Gasteiger partial charge is 0.321 e. The van der Waals surface area contributed by atoms with Crippen molar-refractivity contribution in [3.05, 3.63) is 84.1 Å². The Bertz CT molecular complexity index is 713. The average molecular weight is 307 g/mol. The zero-order valence-corrected chi connectivity index (χ0v) is 10.9. The first kappa shape index (κ1) is 15.3. The van der Waals surface area contributed by atoms with Gasteiger partial charge in [-0.25, -0.2) is 0 Å². The summed E-state index contributed by atoms with van der Waals surface area (Å²) in [6, 6.07) is 5.18. The third-order valence-corrected chi connectivity index (χ3v) is 3.22. The van der Waals surface area contributed by atoms with Crippen LogP contribution in [0.1, 0.15) is 5.56 Å². The molecule has 0 aromatic heterocycles. The van der Waals surface area contributed by atoms with Crippen LogP contribution in [0.2, 0.25) is 0 Å². The number of nitrogens with zero attached hydrogens (tertiary/aromatic N) is 3. The minimum Gasteiger partial charge on any atom is -0.321 e. The fourth-order valence-corrected chi connectivity index (χ4v) is 2.21. The molecule has 0 fully saturated rings. The predicted octanol–water partition coefficient (Wildman–Crippen LogP) is 0.855. The van der Waals surface area contributed by atoms with Crippen molar-refractivity contribution in [2.45, 2.75) is 11.8 Å². The van der Waals surface area contributed by atoms with Crippen molar-refractivity contribution in [1.82, 2.24) is 0 Å². The van der Waals surface area contributed by atoms with Crippen LogP contribution in [0.25, 0.3) is 5.57 Å². The second-order valence-electron chi connectivity index (χ2n) is 4.48. The molecule has 0 saturated heterocycles. The SMILES string of the molecule is O=[N+]([O-])C1=C(c2ccccc2)C=CC(O)([N+](=O)[O-])C1[N+](=O)[O-]. The van der Waals surface area contributed by atoms with E-state index in [9.17, 15) is 35.4 Å². The predicted molar refractivity (Wildman–Crippen MR) is 72.2 cm³/mol. The van der Waals surface area contributed by atoms with Gasteiger partial charge in [-0.15, -0.1) is 0 Å². The van der Waals surface area contributed by atoms with Crippen molar-refractivity contribution in [2.24, 2.45) is 0 Å². The van der Waals surface area contributed by atoms with Gasteiger partial charge in [-0.3, -0.25) is 30.3 Å². The van der Waals surface area contributed by atoms with Crippen LogP contribution >= 0.6 is 0 Å². The second-order valence-corrected chi connectivity index (χ2v) is 4.48. The number of benzene rings is 1. The highest BCUT2D eigenvalue weighted by Crippen LogP contribution is 2.35. The summed E-state index contributed by atoms with van der Waals surface area (Å²) in [5.74, 6) is 0. The minimum absolute atomic E-state index is 0.154. The molecule has 1 aliphatic rings. The molecular weight excluding hydrogens is 298 g/mol. The fraction of sp³-hybridized carbons (Fsp3) is 0.167. The second kappa shape index (κ2) is 5.33. The summed E-state index contributed by atoms with van der Waals surface area (Å²) >= 11 is 0. The molecule has 10 heteroatoms. The molecule has 0 saturated carbocycles. The molecule has 0 amide bonds. The average Bonchev–Trinajstić information content (AvgIpc) is 2.47. The maximum Gasteiger partial charge on any atom is 0.420 e. The van der Waals surface area contributed by atoms with Gasteiger partial charge in [-0.1, -0.05) is 30.3 Å². The van der Waals surface area contributed by atoms with E-state index in [2.05, 4.69) is 0 Å². The van der Waals surface area contributed by atoms with Crippen LogP contribution in [-0.2, 0) is 0 Å². The highest BCUT2D eigenvalue weighted by atomic mass is 16.7. The lowest BCUT2D eigenvalue weighted by Gasteiger charge is -2.22. The van der Waals surface area contributed by atoms with Gasteiger partial charge in [0.1, 0.15) is 0 Å². The van der Waals surface area contributed by atoms with Crippen LogP contribution in [0.5, 0.6) is 0 Å². The normalized spacial score (nSPS) is 24.1. The van der Waals surface area contributed by atoms with Crippen molar-refractivity contribution in [3.63, 3.8) is 0 Å². The Balaban J connectivity index is 2.74. The molecule has 114 valence electrons. The number of nitro groups is 3. The van der Waals surface area contributed by atoms with E-state index in [-0.39, 0.29) is 11.1 Å². The molecule has 0 heterocycles. The zero-order valence-electron chi connectivity index (χ0n) is 10.9. The van der Waals surface area contributed by atoms with E-state index in [1.54, 1.807) is 18.2 Å². The summed E-state index contributed by atoms with van der Waals surface area (Å²) in [5, 5.41) is 43.2. The summed E-state index contributed by atoms with van der Waals surface area (Å²) < 4.78 is 0. The number of rotatable bonds is 4. The van der Waals surface area contributed by atoms with Crippen molar-refractivity contribution in [3.8, 4) is 0 Å². The number of hydrogen-bond donors (Lipinski definition) is 1. The van der Waals surface area contributed by atoms with E-state index in [1.165, 1.54) is 12.1 Å². The van der Waals surface area contributed by atoms with Crippen molar-refractivity contribution >= 4 is 5.57 Å². The zero-order chi connectivity index (χ0) is 16.5. The third kappa shape index (κ3) is 2.31. The Labute approximate surface area is 122 Å². The maximum atomic E-state index is 11.2. The molecule has 0 radical (unpaired) electrons. The molecule has 1 aliphatic carbocycles. The Kier molecular flexibility index (Phi) is 3.70. The van der Waals surface area contributed by atoms with E-state index in [1.807, 2.05) is 0 Å². The van der Waals surface area contributed by atoms with E-state index < -0.39 is 32.2 Å². The van der Waals surface area contributed by atoms with Crippen LogP contribution in [0, 0.1) is 30.3 Å². The van der Waals surface area contributed by atoms with Crippen LogP contribution in [-0.4, -0.2) is 31.6 Å². The molecule has 0 aliphatic heterocycles. The maximum absolute atomic E-state index is 11.2. The highest BCUT2D eigenvalue weighted by molar-refractivity contribution is 5.77. The quantitative estimate of drug-likeness (QED) is 0.492. The lowest BCUT2D eigenvalue weighted by Crippen LogP contribution is -2.55. The van der Waals surface area contributed by atoms with Gasteiger partial charge in [0.15, 0.2) is 0 Å². The van der Waals surface area contributed by atoms with Crippen LogP contribution < -0.4 is 0 Å². The van der Waals surface area contributed by atoms with Crippen LogP contribution in [0.3, 0.4) is 0 Å². The Morgan fingerprint density at radius 2 is 1.64 bits per heavy atom. The van der Waals surface area contributed by atoms with Crippen molar-refractivity contribution in [1.29, 1.82) is 0 Å². The topological polar surface area (TPSA) is 150 Å². The largest absolute Gasteiger partial charge is 0.420 e. The first-order chi connectivity index (χ1) is 10.3. The standard InChI is InChI=1S/C12H9N3O7/c16-12(15(21)22)7-6-9(8-4-2-1-3-5-8)10(13(17)18)11(12)14(19)20/h1-7,11,16H. The van der Waals surface area contributed by atoms with E-state index in [0.717, 1.165) is 6.08 Å². The van der Waals surface area contributed by atoms with Gasteiger partial charge in [0.25, 0.3) is 0 Å². The number of allylic oxidation sites excluding steroid dienone is 2. The van der Waals surface area contributed by atoms with Gasteiger partial charge in [-0.05, 0) is 11.6 Å². The van der Waals surface area contributed by atoms with Gasteiger partial charge in [0.05, 0.1) is 15.4 Å². The summed E-state index contributed by atoms with van der Waals surface area (Å²) in [4.78, 5) is 29.7. The lowest BCUT2D eigenvalue weighted by atomic mass is 9.88. The van der Waals surface area contributed by atoms with Gasteiger partial charge in [0.2, 0.25) is 0 Å². The summed E-state index contributed by atoms with van der Waals surface area (Å²) in [6.45, 7) is 0. The lowest BCUT2D eigenvalue weighted by molar-refractivity contribution is -0.688. The molecule has 1 aromatic rings. The van der Waals surface area contributed by atoms with Gasteiger partial charge in [0, 0.05) is 11.0 Å². The van der Waals surface area contributed by atoms with E-state index in [4.69, 9.17) is 0 Å². The molecule has 0 spiro atoms. The fourth-order valence-electron chi connectivity index (χ4n) is 2.21. The highest BCUT2D eigenvalue weighted by Gasteiger charge is 2.64. The molecule has 2 unspecified atom stereocenters.